The molecule has 5 heteroatoms. The van der Waals surface area contributed by atoms with Crippen molar-refractivity contribution < 1.29 is 18.9 Å². The Morgan fingerprint density at radius 3 is 1.68 bits per heavy atom. The van der Waals surface area contributed by atoms with Gasteiger partial charge >= 0.3 is 0 Å². The number of rotatable bonds is 11. The van der Waals surface area contributed by atoms with E-state index in [1.807, 2.05) is 78.9 Å². The zero-order chi connectivity index (χ0) is 19.4. The molecule has 146 valence electrons. The fourth-order valence-corrected chi connectivity index (χ4v) is 2.54. The summed E-state index contributed by atoms with van der Waals surface area (Å²) in [5.41, 5.74) is 1.02. The molecule has 5 nitrogen and oxygen atoms in total. The average molecular weight is 379 g/mol. The molecule has 0 aliphatic heterocycles. The van der Waals surface area contributed by atoms with Gasteiger partial charge in [0.1, 0.15) is 42.8 Å². The van der Waals surface area contributed by atoms with Gasteiger partial charge in [-0.1, -0.05) is 18.2 Å². The largest absolute Gasteiger partial charge is 0.497 e. The van der Waals surface area contributed by atoms with Crippen molar-refractivity contribution in [2.75, 3.05) is 38.8 Å². The second-order valence-electron chi connectivity index (χ2n) is 5.99. The summed E-state index contributed by atoms with van der Waals surface area (Å²) in [5, 5.41) is 3.32. The van der Waals surface area contributed by atoms with E-state index in [9.17, 15) is 0 Å². The quantitative estimate of drug-likeness (QED) is 0.492. The first-order valence-electron chi connectivity index (χ1n) is 9.25. The summed E-state index contributed by atoms with van der Waals surface area (Å²) in [4.78, 5) is 0. The Labute approximate surface area is 165 Å². The molecule has 0 spiro atoms. The number of benzene rings is 3. The summed E-state index contributed by atoms with van der Waals surface area (Å²) in [6.07, 6.45) is 0. The van der Waals surface area contributed by atoms with Crippen molar-refractivity contribution in [1.29, 1.82) is 0 Å². The second-order valence-corrected chi connectivity index (χ2v) is 5.99. The third-order valence-electron chi connectivity index (χ3n) is 3.98. The summed E-state index contributed by atoms with van der Waals surface area (Å²) in [7, 11) is 1.65. The summed E-state index contributed by atoms with van der Waals surface area (Å²) in [6.45, 7) is 2.28. The van der Waals surface area contributed by atoms with Gasteiger partial charge in [0.25, 0.3) is 0 Å². The molecule has 1 N–H and O–H groups in total. The van der Waals surface area contributed by atoms with Crippen LogP contribution in [0.4, 0.5) is 5.69 Å². The van der Waals surface area contributed by atoms with E-state index in [0.717, 1.165) is 28.7 Å². The number of para-hydroxylation sites is 1. The van der Waals surface area contributed by atoms with E-state index in [1.165, 1.54) is 0 Å². The summed E-state index contributed by atoms with van der Waals surface area (Å²) in [6, 6.07) is 25.1. The Morgan fingerprint density at radius 1 is 0.571 bits per heavy atom. The first-order valence-corrected chi connectivity index (χ1v) is 9.25. The molecule has 3 rings (SSSR count). The molecule has 0 aliphatic rings. The van der Waals surface area contributed by atoms with Gasteiger partial charge in [0, 0.05) is 12.2 Å². The highest BCUT2D eigenvalue weighted by atomic mass is 16.5. The molecule has 28 heavy (non-hydrogen) atoms. The Bertz CT molecular complexity index is 804. The fraction of sp³-hybridized carbons (Fsp3) is 0.217. The van der Waals surface area contributed by atoms with Crippen molar-refractivity contribution in [1.82, 2.24) is 0 Å². The van der Waals surface area contributed by atoms with Gasteiger partial charge in [-0.3, -0.25) is 0 Å². The molecule has 0 unspecified atom stereocenters. The number of nitrogens with one attached hydrogen (secondary N) is 1. The third kappa shape index (κ3) is 6.43. The van der Waals surface area contributed by atoms with Crippen LogP contribution in [-0.4, -0.2) is 33.5 Å². The highest BCUT2D eigenvalue weighted by Crippen LogP contribution is 2.18. The molecular weight excluding hydrogens is 354 g/mol. The zero-order valence-electron chi connectivity index (χ0n) is 16.0. The van der Waals surface area contributed by atoms with Crippen molar-refractivity contribution in [3.05, 3.63) is 78.9 Å². The van der Waals surface area contributed by atoms with Crippen LogP contribution in [0, 0.1) is 0 Å². The molecule has 0 radical (unpaired) electrons. The van der Waals surface area contributed by atoms with Crippen LogP contribution in [-0.2, 0) is 0 Å². The van der Waals surface area contributed by atoms with Crippen LogP contribution in [0.25, 0.3) is 0 Å². The minimum absolute atomic E-state index is 0.497. The van der Waals surface area contributed by atoms with E-state index >= 15 is 0 Å². The van der Waals surface area contributed by atoms with Crippen LogP contribution in [0.5, 0.6) is 23.0 Å². The van der Waals surface area contributed by atoms with Crippen LogP contribution in [0.1, 0.15) is 0 Å². The molecule has 0 heterocycles. The SMILES string of the molecule is COc1ccc(OCCNc2ccc(OCCOc3ccccc3)cc2)cc1. The lowest BCUT2D eigenvalue weighted by Crippen LogP contribution is -2.11. The highest BCUT2D eigenvalue weighted by molar-refractivity contribution is 5.46. The van der Waals surface area contributed by atoms with E-state index in [4.69, 9.17) is 18.9 Å². The van der Waals surface area contributed by atoms with Gasteiger partial charge in [-0.15, -0.1) is 0 Å². The normalized spacial score (nSPS) is 10.2. The number of ether oxygens (including phenoxy) is 4. The van der Waals surface area contributed by atoms with Gasteiger partial charge in [-0.05, 0) is 60.7 Å². The Morgan fingerprint density at radius 2 is 1.07 bits per heavy atom. The Kier molecular flexibility index (Phi) is 7.44. The van der Waals surface area contributed by atoms with Crippen molar-refractivity contribution in [3.8, 4) is 23.0 Å². The monoisotopic (exact) mass is 379 g/mol. The Hall–Kier alpha value is -3.34. The molecule has 0 atom stereocenters. The maximum atomic E-state index is 5.70. The van der Waals surface area contributed by atoms with Crippen LogP contribution in [0.3, 0.4) is 0 Å². The highest BCUT2D eigenvalue weighted by Gasteiger charge is 1.98. The molecule has 0 aliphatic carbocycles. The van der Waals surface area contributed by atoms with Gasteiger partial charge < -0.3 is 24.3 Å². The predicted octanol–water partition coefficient (Wildman–Crippen LogP) is 4.64. The molecule has 0 bridgehead atoms. The van der Waals surface area contributed by atoms with Crippen LogP contribution in [0.2, 0.25) is 0 Å². The lowest BCUT2D eigenvalue weighted by atomic mass is 10.3. The third-order valence-corrected chi connectivity index (χ3v) is 3.98. The minimum Gasteiger partial charge on any atom is -0.497 e. The van der Waals surface area contributed by atoms with Crippen LogP contribution >= 0.6 is 0 Å². The number of anilines is 1. The molecule has 3 aromatic rings. The first kappa shape index (κ1) is 19.4. The van der Waals surface area contributed by atoms with Gasteiger partial charge in [0.05, 0.1) is 7.11 Å². The van der Waals surface area contributed by atoms with Gasteiger partial charge in [-0.2, -0.15) is 0 Å². The Balaban J connectivity index is 1.31. The lowest BCUT2D eigenvalue weighted by molar-refractivity contribution is 0.217. The van der Waals surface area contributed by atoms with Gasteiger partial charge in [0.15, 0.2) is 0 Å². The summed E-state index contributed by atoms with van der Waals surface area (Å²) >= 11 is 0. The van der Waals surface area contributed by atoms with E-state index in [1.54, 1.807) is 7.11 Å². The fourth-order valence-electron chi connectivity index (χ4n) is 2.54. The van der Waals surface area contributed by atoms with Crippen molar-refractivity contribution in [3.63, 3.8) is 0 Å². The van der Waals surface area contributed by atoms with Crippen molar-refractivity contribution >= 4 is 5.69 Å². The average Bonchev–Trinajstić information content (AvgIpc) is 2.76. The molecule has 0 aromatic heterocycles. The molecular formula is C23H25NO4. The zero-order valence-corrected chi connectivity index (χ0v) is 16.0. The van der Waals surface area contributed by atoms with E-state index in [-0.39, 0.29) is 0 Å². The smallest absolute Gasteiger partial charge is 0.122 e. The van der Waals surface area contributed by atoms with Crippen molar-refractivity contribution in [2.24, 2.45) is 0 Å². The van der Waals surface area contributed by atoms with Crippen molar-refractivity contribution in [2.45, 2.75) is 0 Å². The van der Waals surface area contributed by atoms with Crippen LogP contribution < -0.4 is 24.3 Å². The predicted molar refractivity (Wildman–Crippen MR) is 111 cm³/mol. The van der Waals surface area contributed by atoms with E-state index < -0.39 is 0 Å². The standard InChI is InChI=1S/C23H25NO4/c1-25-20-11-13-23(14-12-20)26-16-15-24-19-7-9-22(10-8-19)28-18-17-27-21-5-3-2-4-6-21/h2-14,24H,15-18H2,1H3. The van der Waals surface area contributed by atoms with E-state index in [2.05, 4.69) is 5.32 Å². The minimum atomic E-state index is 0.497. The van der Waals surface area contributed by atoms with Gasteiger partial charge in [-0.25, -0.2) is 0 Å². The number of methoxy groups -OCH3 is 1. The second kappa shape index (κ2) is 10.7. The van der Waals surface area contributed by atoms with Crippen LogP contribution in [0.15, 0.2) is 78.9 Å². The maximum absolute atomic E-state index is 5.70. The molecule has 0 saturated carbocycles. The summed E-state index contributed by atoms with van der Waals surface area (Å²) < 4.78 is 22.1. The molecule has 0 amide bonds. The number of hydrogen-bond acceptors (Lipinski definition) is 5. The first-order chi connectivity index (χ1) is 13.8. The van der Waals surface area contributed by atoms with Gasteiger partial charge in [0.2, 0.25) is 0 Å². The molecule has 0 saturated heterocycles. The molecule has 3 aromatic carbocycles. The summed E-state index contributed by atoms with van der Waals surface area (Å²) in [5.74, 6) is 3.31. The topological polar surface area (TPSA) is 49.0 Å². The molecule has 0 fully saturated rings. The lowest BCUT2D eigenvalue weighted by Gasteiger charge is -2.11. The van der Waals surface area contributed by atoms with E-state index in [0.29, 0.717) is 26.4 Å². The number of hydrogen-bond donors (Lipinski definition) is 1. The maximum Gasteiger partial charge on any atom is 0.122 e.